The Balaban J connectivity index is 2.37. The largest absolute Gasteiger partial charge is 0.501 e. The summed E-state index contributed by atoms with van der Waals surface area (Å²) in [5.74, 6) is 0.0581. The number of aryl methyl sites for hydroxylation is 2. The van der Waals surface area contributed by atoms with E-state index in [4.69, 9.17) is 4.74 Å². The van der Waals surface area contributed by atoms with Gasteiger partial charge >= 0.3 is 0 Å². The lowest BCUT2D eigenvalue weighted by Gasteiger charge is -2.12. The lowest BCUT2D eigenvalue weighted by atomic mass is 9.98. The fraction of sp³-hybridized carbons (Fsp3) is 0.500. The first-order valence-corrected chi connectivity index (χ1v) is 5.47. The number of hydrogen-bond acceptors (Lipinski definition) is 3. The van der Waals surface area contributed by atoms with Crippen molar-refractivity contribution < 1.29 is 9.53 Å². The Morgan fingerprint density at radius 3 is 2.75 bits per heavy atom. The van der Waals surface area contributed by atoms with Gasteiger partial charge in [0, 0.05) is 18.3 Å². The van der Waals surface area contributed by atoms with E-state index in [1.54, 1.807) is 10.9 Å². The van der Waals surface area contributed by atoms with E-state index in [1.165, 1.54) is 0 Å². The van der Waals surface area contributed by atoms with Gasteiger partial charge in [-0.05, 0) is 26.7 Å². The van der Waals surface area contributed by atoms with Crippen molar-refractivity contribution >= 4 is 5.78 Å². The van der Waals surface area contributed by atoms with E-state index >= 15 is 0 Å². The number of carbonyl (C=O) groups is 1. The van der Waals surface area contributed by atoms with Gasteiger partial charge in [0.2, 0.25) is 0 Å². The Bertz CT molecular complexity index is 458. The van der Waals surface area contributed by atoms with E-state index < -0.39 is 0 Å². The fourth-order valence-corrected chi connectivity index (χ4v) is 1.99. The summed E-state index contributed by atoms with van der Waals surface area (Å²) in [6.45, 7) is 4.49. The zero-order valence-corrected chi connectivity index (χ0v) is 9.91. The van der Waals surface area contributed by atoms with Crippen LogP contribution >= 0.6 is 0 Å². The number of carbonyl (C=O) groups excluding carboxylic acids is 1. The van der Waals surface area contributed by atoms with E-state index in [0.717, 1.165) is 35.4 Å². The van der Waals surface area contributed by atoms with Crippen LogP contribution in [0.15, 0.2) is 11.8 Å². The molecule has 0 atom stereocenters. The minimum Gasteiger partial charge on any atom is -0.501 e. The van der Waals surface area contributed by atoms with Gasteiger partial charge in [0.25, 0.3) is 0 Å². The van der Waals surface area contributed by atoms with Gasteiger partial charge in [-0.2, -0.15) is 5.10 Å². The highest BCUT2D eigenvalue weighted by Gasteiger charge is 2.22. The van der Waals surface area contributed by atoms with Crippen molar-refractivity contribution in [2.75, 3.05) is 6.61 Å². The second kappa shape index (κ2) is 4.12. The van der Waals surface area contributed by atoms with E-state index in [0.29, 0.717) is 6.61 Å². The second-order valence-corrected chi connectivity index (χ2v) is 4.12. The highest BCUT2D eigenvalue weighted by Crippen LogP contribution is 2.21. The summed E-state index contributed by atoms with van der Waals surface area (Å²) in [4.78, 5) is 12.3. The lowest BCUT2D eigenvalue weighted by molar-refractivity contribution is 0.101. The van der Waals surface area contributed by atoms with Crippen LogP contribution in [0.2, 0.25) is 0 Å². The molecule has 1 aliphatic rings. The number of aromatic nitrogens is 2. The van der Waals surface area contributed by atoms with Gasteiger partial charge in [0.15, 0.2) is 5.78 Å². The van der Waals surface area contributed by atoms with Crippen LogP contribution in [0.3, 0.4) is 0 Å². The molecule has 2 heterocycles. The summed E-state index contributed by atoms with van der Waals surface area (Å²) in [6, 6.07) is 0. The summed E-state index contributed by atoms with van der Waals surface area (Å²) in [6.07, 6.45) is 3.31. The van der Waals surface area contributed by atoms with Crippen LogP contribution in [0.25, 0.3) is 0 Å². The molecule has 16 heavy (non-hydrogen) atoms. The maximum Gasteiger partial charge on any atom is 0.195 e. The van der Waals surface area contributed by atoms with Crippen molar-refractivity contribution in [3.05, 3.63) is 28.8 Å². The van der Waals surface area contributed by atoms with Crippen LogP contribution < -0.4 is 0 Å². The fourth-order valence-electron chi connectivity index (χ4n) is 1.99. The summed E-state index contributed by atoms with van der Waals surface area (Å²) in [5, 5.41) is 4.25. The van der Waals surface area contributed by atoms with E-state index in [1.807, 2.05) is 20.9 Å². The summed E-state index contributed by atoms with van der Waals surface area (Å²) >= 11 is 0. The van der Waals surface area contributed by atoms with Crippen LogP contribution in [0.5, 0.6) is 0 Å². The average Bonchev–Trinajstić information content (AvgIpc) is 2.54. The van der Waals surface area contributed by atoms with Crippen LogP contribution in [0.1, 0.15) is 34.6 Å². The SMILES string of the molecule is Cc1nn(C)c(C)c1C(=O)C1=COCCC1. The third-order valence-electron chi connectivity index (χ3n) is 2.96. The molecule has 0 saturated heterocycles. The molecule has 0 amide bonds. The standard InChI is InChI=1S/C12H16N2O2/c1-8-11(9(2)14(3)13-8)12(15)10-5-4-6-16-7-10/h7H,4-6H2,1-3H3. The van der Waals surface area contributed by atoms with Gasteiger partial charge in [0.1, 0.15) is 0 Å². The van der Waals surface area contributed by atoms with Gasteiger partial charge in [-0.3, -0.25) is 9.48 Å². The zero-order valence-electron chi connectivity index (χ0n) is 9.91. The number of hydrogen-bond donors (Lipinski definition) is 0. The Morgan fingerprint density at radius 2 is 2.25 bits per heavy atom. The molecule has 0 saturated carbocycles. The molecule has 4 heteroatoms. The molecule has 1 aromatic heterocycles. The molecule has 0 unspecified atom stereocenters. The predicted octanol–water partition coefficient (Wildman–Crippen LogP) is 1.91. The lowest BCUT2D eigenvalue weighted by Crippen LogP contribution is -2.11. The number of Topliss-reactive ketones (excluding diaryl/α,β-unsaturated/α-hetero) is 1. The van der Waals surface area contributed by atoms with Crippen LogP contribution in [-0.4, -0.2) is 22.2 Å². The minimum atomic E-state index is 0.0581. The Labute approximate surface area is 94.9 Å². The first kappa shape index (κ1) is 10.9. The van der Waals surface area contributed by atoms with Crippen molar-refractivity contribution in [1.82, 2.24) is 9.78 Å². The molecule has 0 fully saturated rings. The van der Waals surface area contributed by atoms with Gasteiger partial charge in [0.05, 0.1) is 24.1 Å². The number of allylic oxidation sites excluding steroid dienone is 1. The van der Waals surface area contributed by atoms with Crippen LogP contribution in [-0.2, 0) is 11.8 Å². The van der Waals surface area contributed by atoms with Crippen molar-refractivity contribution in [2.24, 2.45) is 7.05 Å². The number of rotatable bonds is 2. The number of ketones is 1. The monoisotopic (exact) mass is 220 g/mol. The summed E-state index contributed by atoms with van der Waals surface area (Å²) in [5.41, 5.74) is 3.18. The molecule has 2 rings (SSSR count). The molecule has 0 bridgehead atoms. The van der Waals surface area contributed by atoms with Crippen molar-refractivity contribution in [1.29, 1.82) is 0 Å². The van der Waals surface area contributed by atoms with Crippen molar-refractivity contribution in [3.63, 3.8) is 0 Å². The first-order chi connectivity index (χ1) is 7.61. The Hall–Kier alpha value is -1.58. The van der Waals surface area contributed by atoms with E-state index in [9.17, 15) is 4.79 Å². The van der Waals surface area contributed by atoms with Crippen LogP contribution in [0.4, 0.5) is 0 Å². The molecule has 1 aliphatic heterocycles. The first-order valence-electron chi connectivity index (χ1n) is 5.47. The molecule has 4 nitrogen and oxygen atoms in total. The number of nitrogens with zero attached hydrogens (tertiary/aromatic N) is 2. The molecular weight excluding hydrogens is 204 g/mol. The smallest absolute Gasteiger partial charge is 0.195 e. The van der Waals surface area contributed by atoms with Crippen LogP contribution in [0, 0.1) is 13.8 Å². The molecule has 0 radical (unpaired) electrons. The van der Waals surface area contributed by atoms with Crippen molar-refractivity contribution in [2.45, 2.75) is 26.7 Å². The van der Waals surface area contributed by atoms with Crippen molar-refractivity contribution in [3.8, 4) is 0 Å². The highest BCUT2D eigenvalue weighted by molar-refractivity contribution is 6.10. The second-order valence-electron chi connectivity index (χ2n) is 4.12. The predicted molar refractivity (Wildman–Crippen MR) is 60.3 cm³/mol. The summed E-state index contributed by atoms with van der Waals surface area (Å²) < 4.78 is 6.94. The molecule has 86 valence electrons. The third-order valence-corrected chi connectivity index (χ3v) is 2.96. The summed E-state index contributed by atoms with van der Waals surface area (Å²) in [7, 11) is 1.85. The van der Waals surface area contributed by atoms with Gasteiger partial charge in [-0.25, -0.2) is 0 Å². The Morgan fingerprint density at radius 1 is 1.50 bits per heavy atom. The maximum absolute atomic E-state index is 12.3. The molecule has 0 aromatic carbocycles. The zero-order chi connectivity index (χ0) is 11.7. The van der Waals surface area contributed by atoms with E-state index in [-0.39, 0.29) is 5.78 Å². The number of ether oxygens (including phenoxy) is 1. The van der Waals surface area contributed by atoms with Gasteiger partial charge in [-0.1, -0.05) is 0 Å². The molecule has 0 aliphatic carbocycles. The van der Waals surface area contributed by atoms with E-state index in [2.05, 4.69) is 5.10 Å². The highest BCUT2D eigenvalue weighted by atomic mass is 16.5. The topological polar surface area (TPSA) is 44.1 Å². The Kier molecular flexibility index (Phi) is 2.81. The normalized spacial score (nSPS) is 15.6. The third kappa shape index (κ3) is 1.75. The maximum atomic E-state index is 12.3. The quantitative estimate of drug-likeness (QED) is 0.715. The molecule has 1 aromatic rings. The average molecular weight is 220 g/mol. The molecule has 0 spiro atoms. The molecular formula is C12H16N2O2. The van der Waals surface area contributed by atoms with Gasteiger partial charge in [-0.15, -0.1) is 0 Å². The minimum absolute atomic E-state index is 0.0581. The van der Waals surface area contributed by atoms with Gasteiger partial charge < -0.3 is 4.74 Å². The molecule has 0 N–H and O–H groups in total.